The van der Waals surface area contributed by atoms with Crippen molar-refractivity contribution in [3.8, 4) is 5.75 Å². The second-order valence-corrected chi connectivity index (χ2v) is 8.86. The van der Waals surface area contributed by atoms with Gasteiger partial charge in [0.2, 0.25) is 11.9 Å². The van der Waals surface area contributed by atoms with Gasteiger partial charge in [-0.25, -0.2) is 14.8 Å². The number of hydrogen-bond donors (Lipinski definition) is 5. The molecule has 1 saturated carbocycles. The molecule has 4 rings (SSSR count). The van der Waals surface area contributed by atoms with E-state index in [9.17, 15) is 19.7 Å². The Labute approximate surface area is 198 Å². The number of anilines is 1. The van der Waals surface area contributed by atoms with Crippen molar-refractivity contribution in [2.24, 2.45) is 5.92 Å². The van der Waals surface area contributed by atoms with Crippen LogP contribution in [0.4, 0.5) is 5.95 Å². The van der Waals surface area contributed by atoms with E-state index in [1.807, 2.05) is 0 Å². The van der Waals surface area contributed by atoms with E-state index in [4.69, 9.17) is 4.65 Å². The Hall–Kier alpha value is -3.18. The minimum atomic E-state index is -1.29. The highest BCUT2D eigenvalue weighted by Gasteiger charge is 2.38. The van der Waals surface area contributed by atoms with Gasteiger partial charge in [0.25, 0.3) is 0 Å². The average Bonchev–Trinajstić information content (AvgIpc) is 2.83. The van der Waals surface area contributed by atoms with Crippen LogP contribution in [-0.2, 0) is 11.2 Å². The molecule has 2 aliphatic rings. The number of fused-ring (bicyclic) bond motifs is 1. The lowest BCUT2D eigenvalue weighted by atomic mass is 9.72. The van der Waals surface area contributed by atoms with Crippen LogP contribution >= 0.6 is 0 Å². The molecule has 0 bridgehead atoms. The summed E-state index contributed by atoms with van der Waals surface area (Å²) in [6.07, 6.45) is 8.10. The molecule has 1 aliphatic heterocycles. The van der Waals surface area contributed by atoms with Crippen LogP contribution in [0.25, 0.3) is 0 Å². The summed E-state index contributed by atoms with van der Waals surface area (Å²) in [6, 6.07) is 7.05. The topological polar surface area (TPSA) is 146 Å². The molecule has 11 heteroatoms. The molecule has 2 aromatic rings. The van der Waals surface area contributed by atoms with E-state index < -0.39 is 19.0 Å². The average molecular weight is 467 g/mol. The third-order valence-electron chi connectivity index (χ3n) is 6.42. The predicted octanol–water partition coefficient (Wildman–Crippen LogP) is 1.26. The monoisotopic (exact) mass is 467 g/mol. The van der Waals surface area contributed by atoms with E-state index >= 15 is 0 Å². The first-order valence-corrected chi connectivity index (χ1v) is 11.7. The van der Waals surface area contributed by atoms with Crippen LogP contribution in [0.15, 0.2) is 36.7 Å². The van der Waals surface area contributed by atoms with Crippen LogP contribution in [0.2, 0.25) is 0 Å². The standard InChI is InChI=1S/C23H30BN5O5/c30-20(29-19-14-16-3-1-4-18(22(31)32)21(16)34-24(19)33)13-15-5-7-17(8-6-15)25-11-12-28-23-26-9-2-10-27-23/h1-4,9-10,15,17,19,25,33H,5-8,11-14H2,(H,29,30)(H,31,32)(H,26,27,28). The number of benzene rings is 1. The fourth-order valence-corrected chi connectivity index (χ4v) is 4.66. The molecule has 34 heavy (non-hydrogen) atoms. The van der Waals surface area contributed by atoms with Crippen molar-refractivity contribution >= 4 is 24.9 Å². The quantitative estimate of drug-likeness (QED) is 0.272. The fourth-order valence-electron chi connectivity index (χ4n) is 4.66. The number of carboxylic acid groups (broad SMARTS) is 1. The van der Waals surface area contributed by atoms with Crippen molar-refractivity contribution in [1.82, 2.24) is 20.6 Å². The smallest absolute Gasteiger partial charge is 0.534 e. The lowest BCUT2D eigenvalue weighted by Crippen LogP contribution is -2.53. The van der Waals surface area contributed by atoms with Crippen LogP contribution in [0.3, 0.4) is 0 Å². The predicted molar refractivity (Wildman–Crippen MR) is 127 cm³/mol. The molecule has 1 aromatic heterocycles. The molecule has 180 valence electrons. The first-order chi connectivity index (χ1) is 16.5. The summed E-state index contributed by atoms with van der Waals surface area (Å²) in [5, 5.41) is 29.2. The molecule has 0 spiro atoms. The van der Waals surface area contributed by atoms with Gasteiger partial charge >= 0.3 is 13.1 Å². The lowest BCUT2D eigenvalue weighted by Gasteiger charge is -2.31. The van der Waals surface area contributed by atoms with Gasteiger partial charge in [-0.15, -0.1) is 0 Å². The number of hydrogen-bond acceptors (Lipinski definition) is 8. The van der Waals surface area contributed by atoms with Gasteiger partial charge in [0.15, 0.2) is 0 Å². The van der Waals surface area contributed by atoms with E-state index in [1.54, 1.807) is 30.6 Å². The minimum Gasteiger partial charge on any atom is -0.534 e. The van der Waals surface area contributed by atoms with E-state index in [0.29, 0.717) is 36.3 Å². The summed E-state index contributed by atoms with van der Waals surface area (Å²) in [5.74, 6) is -0.736. The Morgan fingerprint density at radius 3 is 2.59 bits per heavy atom. The van der Waals surface area contributed by atoms with Gasteiger partial charge in [0, 0.05) is 37.9 Å². The number of para-hydroxylation sites is 1. The second kappa shape index (κ2) is 11.3. The number of nitrogens with zero attached hydrogens (tertiary/aromatic N) is 2. The van der Waals surface area contributed by atoms with Crippen molar-refractivity contribution in [2.75, 3.05) is 18.4 Å². The molecule has 0 radical (unpaired) electrons. The van der Waals surface area contributed by atoms with Gasteiger partial charge in [-0.05, 0) is 55.7 Å². The maximum Gasteiger partial charge on any atom is 0.547 e. The molecule has 1 unspecified atom stereocenters. The SMILES string of the molecule is O=C(CC1CCC(NCCNc2ncccn2)CC1)NC1Cc2cccc(C(=O)O)c2OB1O. The van der Waals surface area contributed by atoms with E-state index in [1.165, 1.54) is 6.07 Å². The third-order valence-corrected chi connectivity index (χ3v) is 6.42. The molecule has 10 nitrogen and oxygen atoms in total. The van der Waals surface area contributed by atoms with Crippen molar-refractivity contribution < 1.29 is 24.4 Å². The van der Waals surface area contributed by atoms with Crippen LogP contribution in [0, 0.1) is 5.92 Å². The minimum absolute atomic E-state index is 0.0101. The highest BCUT2D eigenvalue weighted by atomic mass is 16.5. The van der Waals surface area contributed by atoms with E-state index in [0.717, 1.165) is 38.8 Å². The molecule has 1 aliphatic carbocycles. The number of aromatic nitrogens is 2. The Balaban J connectivity index is 1.17. The molecular formula is C23H30BN5O5. The van der Waals surface area contributed by atoms with E-state index in [-0.39, 0.29) is 17.2 Å². The Morgan fingerprint density at radius 2 is 1.85 bits per heavy atom. The van der Waals surface area contributed by atoms with Gasteiger partial charge in [-0.2, -0.15) is 0 Å². The first kappa shape index (κ1) is 24.0. The maximum atomic E-state index is 12.6. The summed E-state index contributed by atoms with van der Waals surface area (Å²) >= 11 is 0. The number of aromatic carboxylic acids is 1. The summed E-state index contributed by atoms with van der Waals surface area (Å²) in [7, 11) is -1.29. The second-order valence-electron chi connectivity index (χ2n) is 8.86. The normalized spacial score (nSPS) is 21.8. The maximum absolute atomic E-state index is 12.6. The molecule has 5 N–H and O–H groups in total. The Kier molecular flexibility index (Phi) is 7.97. The summed E-state index contributed by atoms with van der Waals surface area (Å²) < 4.78 is 5.46. The van der Waals surface area contributed by atoms with Gasteiger partial charge in [-0.1, -0.05) is 12.1 Å². The van der Waals surface area contributed by atoms with Crippen LogP contribution in [0.1, 0.15) is 48.0 Å². The number of rotatable bonds is 9. The first-order valence-electron chi connectivity index (χ1n) is 11.7. The Morgan fingerprint density at radius 1 is 1.09 bits per heavy atom. The molecular weight excluding hydrogens is 437 g/mol. The Bertz CT molecular complexity index is 987. The van der Waals surface area contributed by atoms with Gasteiger partial charge in [0.05, 0.1) is 11.5 Å². The van der Waals surface area contributed by atoms with Gasteiger partial charge in [0.1, 0.15) is 5.75 Å². The molecule has 1 amide bonds. The summed E-state index contributed by atoms with van der Waals surface area (Å²) in [6.45, 7) is 1.56. The zero-order valence-electron chi connectivity index (χ0n) is 18.9. The molecule has 1 aromatic carbocycles. The largest absolute Gasteiger partial charge is 0.547 e. The van der Waals surface area contributed by atoms with Crippen molar-refractivity contribution in [1.29, 1.82) is 0 Å². The molecule has 2 heterocycles. The molecule has 1 atom stereocenters. The van der Waals surface area contributed by atoms with E-state index in [2.05, 4.69) is 25.9 Å². The lowest BCUT2D eigenvalue weighted by molar-refractivity contribution is -0.122. The van der Waals surface area contributed by atoms with Crippen molar-refractivity contribution in [3.05, 3.63) is 47.8 Å². The number of carbonyl (C=O) groups is 2. The number of carboxylic acids is 1. The zero-order valence-corrected chi connectivity index (χ0v) is 18.9. The van der Waals surface area contributed by atoms with Crippen LogP contribution < -0.4 is 20.6 Å². The third kappa shape index (κ3) is 6.24. The molecule has 1 fully saturated rings. The number of amides is 1. The number of carbonyl (C=O) groups excluding carboxylic acids is 1. The summed E-state index contributed by atoms with van der Waals surface area (Å²) in [4.78, 5) is 32.3. The van der Waals surface area contributed by atoms with Crippen molar-refractivity contribution in [2.45, 2.75) is 50.5 Å². The molecule has 0 saturated heterocycles. The van der Waals surface area contributed by atoms with Crippen molar-refractivity contribution in [3.63, 3.8) is 0 Å². The van der Waals surface area contributed by atoms with Gasteiger partial charge in [-0.3, -0.25) is 4.79 Å². The zero-order chi connectivity index (χ0) is 23.9. The van der Waals surface area contributed by atoms with Crippen LogP contribution in [0.5, 0.6) is 5.75 Å². The van der Waals surface area contributed by atoms with Crippen LogP contribution in [-0.4, -0.2) is 64.2 Å². The van der Waals surface area contributed by atoms with Gasteiger partial charge < -0.3 is 30.7 Å². The highest BCUT2D eigenvalue weighted by Crippen LogP contribution is 2.31. The fraction of sp³-hybridized carbons (Fsp3) is 0.478. The highest BCUT2D eigenvalue weighted by molar-refractivity contribution is 6.47. The number of nitrogens with one attached hydrogen (secondary N) is 3. The summed E-state index contributed by atoms with van der Waals surface area (Å²) in [5.41, 5.74) is 0.672.